The van der Waals surface area contributed by atoms with Crippen LogP contribution in [0.1, 0.15) is 25.7 Å². The van der Waals surface area contributed by atoms with Gasteiger partial charge in [0.1, 0.15) is 0 Å². The van der Waals surface area contributed by atoms with Crippen molar-refractivity contribution in [1.29, 1.82) is 5.26 Å². The minimum atomic E-state index is -0.256. The van der Waals surface area contributed by atoms with Gasteiger partial charge in [0.25, 0.3) is 0 Å². The van der Waals surface area contributed by atoms with Gasteiger partial charge in [-0.05, 0) is 25.9 Å². The van der Waals surface area contributed by atoms with E-state index in [0.717, 1.165) is 25.9 Å². The van der Waals surface area contributed by atoms with Crippen LogP contribution < -0.4 is 11.1 Å². The Hall–Kier alpha value is -1.08. The van der Waals surface area contributed by atoms with E-state index in [1.165, 1.54) is 0 Å². The SMILES string of the molecule is N#CCCCNCCCC(N)=O. The van der Waals surface area contributed by atoms with E-state index in [0.29, 0.717) is 12.8 Å². The standard InChI is InChI=1S/C8H15N3O/c9-5-1-2-6-11-7-3-4-8(10)12/h11H,1-4,6-7H2,(H2,10,12). The minimum absolute atomic E-state index is 0.256. The maximum atomic E-state index is 10.3. The lowest BCUT2D eigenvalue weighted by Gasteiger charge is -2.00. The van der Waals surface area contributed by atoms with Crippen molar-refractivity contribution in [3.63, 3.8) is 0 Å². The van der Waals surface area contributed by atoms with Crippen LogP contribution >= 0.6 is 0 Å². The zero-order valence-electron chi connectivity index (χ0n) is 7.18. The van der Waals surface area contributed by atoms with E-state index >= 15 is 0 Å². The quantitative estimate of drug-likeness (QED) is 0.532. The van der Waals surface area contributed by atoms with Crippen LogP contribution in [0.15, 0.2) is 0 Å². The predicted molar refractivity (Wildman–Crippen MR) is 46.1 cm³/mol. The third-order valence-electron chi connectivity index (χ3n) is 1.42. The molecular weight excluding hydrogens is 154 g/mol. The first-order valence-electron chi connectivity index (χ1n) is 4.13. The summed E-state index contributed by atoms with van der Waals surface area (Å²) >= 11 is 0. The molecule has 12 heavy (non-hydrogen) atoms. The van der Waals surface area contributed by atoms with Gasteiger partial charge in [0.15, 0.2) is 0 Å². The summed E-state index contributed by atoms with van der Waals surface area (Å²) in [6, 6.07) is 2.06. The van der Waals surface area contributed by atoms with Crippen molar-refractivity contribution >= 4 is 5.91 Å². The number of hydrogen-bond acceptors (Lipinski definition) is 3. The second-order valence-corrected chi connectivity index (χ2v) is 2.58. The number of nitrogens with one attached hydrogen (secondary N) is 1. The molecule has 0 aromatic rings. The van der Waals surface area contributed by atoms with E-state index in [1.807, 2.05) is 0 Å². The van der Waals surface area contributed by atoms with Crippen LogP contribution in [0.25, 0.3) is 0 Å². The third kappa shape index (κ3) is 8.92. The topological polar surface area (TPSA) is 78.9 Å². The molecule has 0 spiro atoms. The number of nitrogens with two attached hydrogens (primary N) is 1. The van der Waals surface area contributed by atoms with Gasteiger partial charge in [-0.25, -0.2) is 0 Å². The highest BCUT2D eigenvalue weighted by Gasteiger charge is 1.92. The Morgan fingerprint density at radius 2 is 2.08 bits per heavy atom. The van der Waals surface area contributed by atoms with Crippen LogP contribution in [0.3, 0.4) is 0 Å². The Morgan fingerprint density at radius 1 is 1.42 bits per heavy atom. The van der Waals surface area contributed by atoms with Gasteiger partial charge in [0.2, 0.25) is 5.91 Å². The van der Waals surface area contributed by atoms with Crippen LogP contribution in [-0.2, 0) is 4.79 Å². The molecule has 0 heterocycles. The summed E-state index contributed by atoms with van der Waals surface area (Å²) in [6.45, 7) is 1.64. The second-order valence-electron chi connectivity index (χ2n) is 2.58. The molecule has 0 atom stereocenters. The molecule has 0 saturated heterocycles. The highest BCUT2D eigenvalue weighted by atomic mass is 16.1. The van der Waals surface area contributed by atoms with E-state index < -0.39 is 0 Å². The molecule has 0 aromatic carbocycles. The molecule has 0 unspecified atom stereocenters. The Bertz CT molecular complexity index is 162. The molecule has 68 valence electrons. The summed E-state index contributed by atoms with van der Waals surface area (Å²) in [4.78, 5) is 10.3. The summed E-state index contributed by atoms with van der Waals surface area (Å²) in [6.07, 6.45) is 2.67. The molecule has 0 aliphatic heterocycles. The second kappa shape index (κ2) is 8.02. The fourth-order valence-corrected chi connectivity index (χ4v) is 0.805. The summed E-state index contributed by atoms with van der Waals surface area (Å²) in [5.41, 5.74) is 4.95. The van der Waals surface area contributed by atoms with Crippen molar-refractivity contribution in [2.45, 2.75) is 25.7 Å². The van der Waals surface area contributed by atoms with Gasteiger partial charge in [0.05, 0.1) is 6.07 Å². The fourth-order valence-electron chi connectivity index (χ4n) is 0.805. The van der Waals surface area contributed by atoms with Crippen LogP contribution in [0, 0.1) is 11.3 Å². The summed E-state index contributed by atoms with van der Waals surface area (Å²) in [5, 5.41) is 11.3. The van der Waals surface area contributed by atoms with Crippen LogP contribution in [0.4, 0.5) is 0 Å². The lowest BCUT2D eigenvalue weighted by Crippen LogP contribution is -2.19. The molecule has 0 saturated carbocycles. The van der Waals surface area contributed by atoms with Gasteiger partial charge in [-0.1, -0.05) is 0 Å². The third-order valence-corrected chi connectivity index (χ3v) is 1.42. The van der Waals surface area contributed by atoms with Crippen molar-refractivity contribution < 1.29 is 4.79 Å². The number of nitrogens with zero attached hydrogens (tertiary/aromatic N) is 1. The Labute approximate surface area is 72.7 Å². The lowest BCUT2D eigenvalue weighted by atomic mass is 10.3. The van der Waals surface area contributed by atoms with Gasteiger partial charge in [-0.15, -0.1) is 0 Å². The first kappa shape index (κ1) is 10.9. The van der Waals surface area contributed by atoms with E-state index in [2.05, 4.69) is 11.4 Å². The molecule has 0 bridgehead atoms. The van der Waals surface area contributed by atoms with Crippen LogP contribution in [0.2, 0.25) is 0 Å². The molecule has 4 nitrogen and oxygen atoms in total. The van der Waals surface area contributed by atoms with Gasteiger partial charge in [-0.3, -0.25) is 4.79 Å². The number of unbranched alkanes of at least 4 members (excludes halogenated alkanes) is 1. The highest BCUT2D eigenvalue weighted by molar-refractivity contribution is 5.73. The van der Waals surface area contributed by atoms with Crippen molar-refractivity contribution in [1.82, 2.24) is 5.32 Å². The molecular formula is C8H15N3O. The van der Waals surface area contributed by atoms with Gasteiger partial charge in [0, 0.05) is 12.8 Å². The molecule has 0 aromatic heterocycles. The predicted octanol–water partition coefficient (Wildman–Crippen LogP) is 0.145. The molecule has 0 rings (SSSR count). The lowest BCUT2D eigenvalue weighted by molar-refractivity contribution is -0.118. The van der Waals surface area contributed by atoms with Gasteiger partial charge < -0.3 is 11.1 Å². The first-order chi connectivity index (χ1) is 5.77. The van der Waals surface area contributed by atoms with E-state index in [-0.39, 0.29) is 5.91 Å². The Morgan fingerprint density at radius 3 is 2.67 bits per heavy atom. The first-order valence-corrected chi connectivity index (χ1v) is 4.13. The number of primary amides is 1. The number of amides is 1. The molecule has 4 heteroatoms. The molecule has 0 aliphatic carbocycles. The average Bonchev–Trinajstić information content (AvgIpc) is 2.02. The highest BCUT2D eigenvalue weighted by Crippen LogP contribution is 1.86. The largest absolute Gasteiger partial charge is 0.370 e. The molecule has 1 amide bonds. The van der Waals surface area contributed by atoms with Crippen molar-refractivity contribution in [3.8, 4) is 6.07 Å². The van der Waals surface area contributed by atoms with Crippen LogP contribution in [0.5, 0.6) is 0 Å². The molecule has 0 fully saturated rings. The van der Waals surface area contributed by atoms with E-state index in [4.69, 9.17) is 11.0 Å². The smallest absolute Gasteiger partial charge is 0.217 e. The molecule has 3 N–H and O–H groups in total. The summed E-state index contributed by atoms with van der Waals surface area (Å²) < 4.78 is 0. The number of hydrogen-bond donors (Lipinski definition) is 2. The van der Waals surface area contributed by atoms with E-state index in [1.54, 1.807) is 0 Å². The Balaban J connectivity index is 2.92. The molecule has 0 aliphatic rings. The minimum Gasteiger partial charge on any atom is -0.370 e. The number of carbonyl (C=O) groups is 1. The van der Waals surface area contributed by atoms with Gasteiger partial charge >= 0.3 is 0 Å². The summed E-state index contributed by atoms with van der Waals surface area (Å²) in [5.74, 6) is -0.256. The number of rotatable bonds is 7. The maximum absolute atomic E-state index is 10.3. The number of nitriles is 1. The van der Waals surface area contributed by atoms with Crippen molar-refractivity contribution in [3.05, 3.63) is 0 Å². The van der Waals surface area contributed by atoms with Crippen molar-refractivity contribution in [2.24, 2.45) is 5.73 Å². The Kier molecular flexibility index (Phi) is 7.30. The number of carbonyl (C=O) groups excluding carboxylic acids is 1. The average molecular weight is 169 g/mol. The zero-order chi connectivity index (χ0) is 9.23. The van der Waals surface area contributed by atoms with Gasteiger partial charge in [-0.2, -0.15) is 5.26 Å². The van der Waals surface area contributed by atoms with Crippen molar-refractivity contribution in [2.75, 3.05) is 13.1 Å². The molecule has 0 radical (unpaired) electrons. The van der Waals surface area contributed by atoms with Crippen LogP contribution in [-0.4, -0.2) is 19.0 Å². The van der Waals surface area contributed by atoms with E-state index in [9.17, 15) is 4.79 Å². The maximum Gasteiger partial charge on any atom is 0.217 e. The monoisotopic (exact) mass is 169 g/mol. The normalized spacial score (nSPS) is 9.25. The fraction of sp³-hybridized carbons (Fsp3) is 0.750. The zero-order valence-corrected chi connectivity index (χ0v) is 7.18. The summed E-state index contributed by atoms with van der Waals surface area (Å²) in [7, 11) is 0.